The van der Waals surface area contributed by atoms with Gasteiger partial charge in [0.25, 0.3) is 5.91 Å². The molecule has 1 aromatic carbocycles. The van der Waals surface area contributed by atoms with Gasteiger partial charge in [-0.15, -0.1) is 0 Å². The number of nitrogens with zero attached hydrogens (tertiary/aromatic N) is 3. The molecule has 2 rings (SSSR count). The van der Waals surface area contributed by atoms with Crippen LogP contribution in [0, 0.1) is 5.92 Å². The largest absolute Gasteiger partial charge is 0.359 e. The maximum atomic E-state index is 12.6. The van der Waals surface area contributed by atoms with E-state index in [4.69, 9.17) is 23.2 Å². The first-order valence-electron chi connectivity index (χ1n) is 8.85. The molecule has 1 N–H and O–H groups in total. The van der Waals surface area contributed by atoms with Crippen molar-refractivity contribution in [1.29, 1.82) is 0 Å². The lowest BCUT2D eigenvalue weighted by atomic mass is 10.2. The SMILES string of the molecule is CC(C)CN(C)c1ccc(C(=O)N(C)CC(=O)Nc2c(Cl)cccc2Cl)cn1. The molecule has 2 amide bonds. The number of hydrogen-bond donors (Lipinski definition) is 1. The molecule has 150 valence electrons. The van der Waals surface area contributed by atoms with Crippen LogP contribution in [0.3, 0.4) is 0 Å². The van der Waals surface area contributed by atoms with Gasteiger partial charge < -0.3 is 15.1 Å². The Morgan fingerprint density at radius 3 is 2.29 bits per heavy atom. The Morgan fingerprint density at radius 2 is 1.75 bits per heavy atom. The number of pyridine rings is 1. The van der Waals surface area contributed by atoms with E-state index in [1.807, 2.05) is 11.9 Å². The molecule has 0 aliphatic rings. The molecule has 28 heavy (non-hydrogen) atoms. The summed E-state index contributed by atoms with van der Waals surface area (Å²) in [4.78, 5) is 32.5. The number of hydrogen-bond acceptors (Lipinski definition) is 4. The van der Waals surface area contributed by atoms with Crippen LogP contribution >= 0.6 is 23.2 Å². The summed E-state index contributed by atoms with van der Waals surface area (Å²) in [5, 5.41) is 3.31. The van der Waals surface area contributed by atoms with Crippen LogP contribution in [0.4, 0.5) is 11.5 Å². The lowest BCUT2D eigenvalue weighted by Crippen LogP contribution is -2.35. The van der Waals surface area contributed by atoms with E-state index in [0.717, 1.165) is 12.4 Å². The molecular formula is C20H24Cl2N4O2. The zero-order chi connectivity index (χ0) is 20.8. The van der Waals surface area contributed by atoms with Crippen LogP contribution in [0.25, 0.3) is 0 Å². The predicted octanol–water partition coefficient (Wildman–Crippen LogP) is 4.19. The minimum atomic E-state index is -0.396. The summed E-state index contributed by atoms with van der Waals surface area (Å²) in [7, 11) is 3.51. The lowest BCUT2D eigenvalue weighted by molar-refractivity contribution is -0.116. The van der Waals surface area contributed by atoms with Gasteiger partial charge >= 0.3 is 0 Å². The number of amides is 2. The molecule has 1 aromatic heterocycles. The van der Waals surface area contributed by atoms with Gasteiger partial charge in [0.15, 0.2) is 0 Å². The fourth-order valence-electron chi connectivity index (χ4n) is 2.68. The first-order chi connectivity index (χ1) is 13.2. The molecule has 8 heteroatoms. The molecule has 1 heterocycles. The van der Waals surface area contributed by atoms with Crippen LogP contribution in [0.5, 0.6) is 0 Å². The van der Waals surface area contributed by atoms with Gasteiger partial charge in [-0.3, -0.25) is 9.59 Å². The Kier molecular flexibility index (Phi) is 7.66. The number of benzene rings is 1. The van der Waals surface area contributed by atoms with Crippen molar-refractivity contribution in [3.05, 3.63) is 52.1 Å². The standard InChI is InChI=1S/C20H24Cl2N4O2/c1-13(2)11-25(3)17-9-8-14(10-23-17)20(28)26(4)12-18(27)24-19-15(21)6-5-7-16(19)22/h5-10,13H,11-12H2,1-4H3,(H,24,27). The highest BCUT2D eigenvalue weighted by molar-refractivity contribution is 6.39. The molecule has 6 nitrogen and oxygen atoms in total. The molecule has 2 aromatic rings. The van der Waals surface area contributed by atoms with Crippen molar-refractivity contribution < 1.29 is 9.59 Å². The van der Waals surface area contributed by atoms with Crippen molar-refractivity contribution in [2.24, 2.45) is 5.92 Å². The molecule has 0 atom stereocenters. The van der Waals surface area contributed by atoms with Crippen LogP contribution < -0.4 is 10.2 Å². The molecule has 0 spiro atoms. The topological polar surface area (TPSA) is 65.5 Å². The molecule has 0 aliphatic carbocycles. The third-order valence-corrected chi connectivity index (χ3v) is 4.61. The Hall–Kier alpha value is -2.31. The van der Waals surface area contributed by atoms with Crippen molar-refractivity contribution in [3.8, 4) is 0 Å². The van der Waals surface area contributed by atoms with E-state index in [1.54, 1.807) is 37.4 Å². The molecule has 0 saturated heterocycles. The number of likely N-dealkylation sites (N-methyl/N-ethyl adjacent to an activating group) is 1. The Balaban J connectivity index is 1.99. The number of nitrogens with one attached hydrogen (secondary N) is 1. The van der Waals surface area contributed by atoms with Crippen molar-refractivity contribution >= 4 is 46.5 Å². The summed E-state index contributed by atoms with van der Waals surface area (Å²) in [6.45, 7) is 4.98. The summed E-state index contributed by atoms with van der Waals surface area (Å²) in [5.74, 6) is 0.599. The van der Waals surface area contributed by atoms with Gasteiger partial charge in [-0.05, 0) is 30.2 Å². The molecule has 0 aliphatic heterocycles. The van der Waals surface area contributed by atoms with E-state index >= 15 is 0 Å². The second kappa shape index (κ2) is 9.75. The third-order valence-electron chi connectivity index (χ3n) is 3.98. The summed E-state index contributed by atoms with van der Waals surface area (Å²) in [5.41, 5.74) is 0.740. The summed E-state index contributed by atoms with van der Waals surface area (Å²) in [6, 6.07) is 8.45. The van der Waals surface area contributed by atoms with Crippen LogP contribution in [-0.4, -0.2) is 48.9 Å². The Morgan fingerprint density at radius 1 is 1.11 bits per heavy atom. The third kappa shape index (κ3) is 5.84. The number of aromatic nitrogens is 1. The summed E-state index contributed by atoms with van der Waals surface area (Å²) >= 11 is 12.1. The van der Waals surface area contributed by atoms with Crippen LogP contribution in [-0.2, 0) is 4.79 Å². The van der Waals surface area contributed by atoms with E-state index in [0.29, 0.717) is 27.2 Å². The van der Waals surface area contributed by atoms with Crippen LogP contribution in [0.1, 0.15) is 24.2 Å². The average Bonchev–Trinajstić information content (AvgIpc) is 2.63. The maximum absolute atomic E-state index is 12.6. The highest BCUT2D eigenvalue weighted by Crippen LogP contribution is 2.29. The monoisotopic (exact) mass is 422 g/mol. The van der Waals surface area contributed by atoms with E-state index in [1.165, 1.54) is 11.1 Å². The van der Waals surface area contributed by atoms with E-state index in [2.05, 4.69) is 24.1 Å². The number of anilines is 2. The lowest BCUT2D eigenvalue weighted by Gasteiger charge is -2.21. The van der Waals surface area contributed by atoms with Gasteiger partial charge in [0.1, 0.15) is 5.82 Å². The van der Waals surface area contributed by atoms with Gasteiger partial charge in [-0.1, -0.05) is 43.1 Å². The van der Waals surface area contributed by atoms with Gasteiger partial charge in [0, 0.05) is 26.8 Å². The van der Waals surface area contributed by atoms with E-state index < -0.39 is 5.91 Å². The number of carbonyl (C=O) groups excluding carboxylic acids is 2. The Labute approximate surface area is 175 Å². The van der Waals surface area contributed by atoms with Gasteiger partial charge in [-0.25, -0.2) is 4.98 Å². The zero-order valence-electron chi connectivity index (χ0n) is 16.4. The quantitative estimate of drug-likeness (QED) is 0.725. The number of rotatable bonds is 7. The number of halogens is 2. The minimum Gasteiger partial charge on any atom is -0.359 e. The molecule has 0 unspecified atom stereocenters. The first kappa shape index (κ1) is 22.0. The van der Waals surface area contributed by atoms with Crippen molar-refractivity contribution in [1.82, 2.24) is 9.88 Å². The molecule has 0 saturated carbocycles. The zero-order valence-corrected chi connectivity index (χ0v) is 17.9. The number of carbonyl (C=O) groups is 2. The molecule has 0 fully saturated rings. The fraction of sp³-hybridized carbons (Fsp3) is 0.350. The van der Waals surface area contributed by atoms with Gasteiger partial charge in [0.2, 0.25) is 5.91 Å². The minimum absolute atomic E-state index is 0.143. The van der Waals surface area contributed by atoms with Crippen LogP contribution in [0.15, 0.2) is 36.5 Å². The van der Waals surface area contributed by atoms with Crippen LogP contribution in [0.2, 0.25) is 10.0 Å². The summed E-state index contributed by atoms with van der Waals surface area (Å²) in [6.07, 6.45) is 1.52. The highest BCUT2D eigenvalue weighted by atomic mass is 35.5. The van der Waals surface area contributed by atoms with Crippen molar-refractivity contribution in [2.75, 3.05) is 37.4 Å². The normalized spacial score (nSPS) is 10.7. The van der Waals surface area contributed by atoms with Crippen molar-refractivity contribution in [3.63, 3.8) is 0 Å². The molecule has 0 radical (unpaired) electrons. The fourth-order valence-corrected chi connectivity index (χ4v) is 3.18. The maximum Gasteiger partial charge on any atom is 0.255 e. The molecule has 0 bridgehead atoms. The van der Waals surface area contributed by atoms with Gasteiger partial charge in [0.05, 0.1) is 27.8 Å². The highest BCUT2D eigenvalue weighted by Gasteiger charge is 2.17. The second-order valence-corrected chi connectivity index (χ2v) is 7.80. The van der Waals surface area contributed by atoms with Gasteiger partial charge in [-0.2, -0.15) is 0 Å². The summed E-state index contributed by atoms with van der Waals surface area (Å²) < 4.78 is 0. The second-order valence-electron chi connectivity index (χ2n) is 6.99. The number of para-hydroxylation sites is 1. The predicted molar refractivity (Wildman–Crippen MR) is 114 cm³/mol. The van der Waals surface area contributed by atoms with E-state index in [-0.39, 0.29) is 12.5 Å². The Bertz CT molecular complexity index is 820. The average molecular weight is 423 g/mol. The van der Waals surface area contributed by atoms with Crippen molar-refractivity contribution in [2.45, 2.75) is 13.8 Å². The molecular weight excluding hydrogens is 399 g/mol. The first-order valence-corrected chi connectivity index (χ1v) is 9.61. The van der Waals surface area contributed by atoms with E-state index in [9.17, 15) is 9.59 Å². The smallest absolute Gasteiger partial charge is 0.255 e.